The van der Waals surface area contributed by atoms with Crippen molar-refractivity contribution in [3.05, 3.63) is 30.5 Å². The van der Waals surface area contributed by atoms with Crippen LogP contribution in [0.3, 0.4) is 0 Å². The summed E-state index contributed by atoms with van der Waals surface area (Å²) in [6.45, 7) is 3.03. The van der Waals surface area contributed by atoms with E-state index in [1.54, 1.807) is 16.8 Å². The predicted molar refractivity (Wildman–Crippen MR) is 125 cm³/mol. The van der Waals surface area contributed by atoms with Crippen LogP contribution in [0.25, 0.3) is 27.7 Å². The van der Waals surface area contributed by atoms with E-state index in [4.69, 9.17) is 13.6 Å². The summed E-state index contributed by atoms with van der Waals surface area (Å²) < 4.78 is 49.8. The van der Waals surface area contributed by atoms with E-state index in [2.05, 4.69) is 30.6 Å². The number of hydrogen-bond acceptors (Lipinski definition) is 8. The molecule has 2 fully saturated rings. The minimum absolute atomic E-state index is 0.0444. The second kappa shape index (κ2) is 8.80. The summed E-state index contributed by atoms with van der Waals surface area (Å²) in [4.78, 5) is 6.92. The molecule has 2 aliphatic heterocycles. The third-order valence-corrected chi connectivity index (χ3v) is 6.70. The summed E-state index contributed by atoms with van der Waals surface area (Å²) in [6.07, 6.45) is 3.58. The molecule has 0 amide bonds. The van der Waals surface area contributed by atoms with Gasteiger partial charge < -0.3 is 14.8 Å². The number of alkyl halides is 1. The smallest absolute Gasteiger partial charge is 0.244 e. The van der Waals surface area contributed by atoms with Crippen LogP contribution < -0.4 is 10.1 Å². The first-order chi connectivity index (χ1) is 17.9. The average Bonchev–Trinajstić information content (AvgIpc) is 3.43. The highest BCUT2D eigenvalue weighted by atomic mass is 19.1. The van der Waals surface area contributed by atoms with Gasteiger partial charge in [0.25, 0.3) is 0 Å². The predicted octanol–water partition coefficient (Wildman–Crippen LogP) is 2.39. The molecule has 10 nitrogen and oxygen atoms in total. The number of benzene rings is 1. The summed E-state index contributed by atoms with van der Waals surface area (Å²) in [5, 5.41) is 16.1. The number of hydrogen-bond donors (Lipinski definition) is 1. The van der Waals surface area contributed by atoms with Crippen LogP contribution in [0.2, 0.25) is 0 Å². The van der Waals surface area contributed by atoms with Crippen LogP contribution in [-0.4, -0.2) is 86.6 Å². The average molecular weight is 470 g/mol. The zero-order valence-corrected chi connectivity index (χ0v) is 18.5. The quantitative estimate of drug-likeness (QED) is 0.441. The zero-order valence-electron chi connectivity index (χ0n) is 21.5. The Morgan fingerprint density at radius 3 is 2.91 bits per heavy atom. The Balaban J connectivity index is 1.32. The molecule has 1 N–H and O–H groups in total. The van der Waals surface area contributed by atoms with Gasteiger partial charge in [0.2, 0.25) is 11.8 Å². The van der Waals surface area contributed by atoms with Crippen molar-refractivity contribution in [3.63, 3.8) is 0 Å². The van der Waals surface area contributed by atoms with Gasteiger partial charge in [-0.2, -0.15) is 4.98 Å². The van der Waals surface area contributed by atoms with E-state index in [1.165, 1.54) is 4.68 Å². The molecule has 0 saturated carbocycles. The topological polar surface area (TPSA) is 94.6 Å². The van der Waals surface area contributed by atoms with Gasteiger partial charge in [0.15, 0.2) is 0 Å². The fraction of sp³-hybridized carbons (Fsp3) is 0.478. The van der Waals surface area contributed by atoms with Crippen molar-refractivity contribution in [2.75, 3.05) is 45.3 Å². The van der Waals surface area contributed by atoms with Crippen LogP contribution in [0.1, 0.15) is 17.0 Å². The lowest BCUT2D eigenvalue weighted by molar-refractivity contribution is -0.0705. The van der Waals surface area contributed by atoms with E-state index in [0.29, 0.717) is 34.1 Å². The Labute approximate surface area is 199 Å². The number of anilines is 1. The van der Waals surface area contributed by atoms with Gasteiger partial charge in [-0.1, -0.05) is 11.3 Å². The Kier molecular flexibility index (Phi) is 4.68. The highest BCUT2D eigenvalue weighted by Crippen LogP contribution is 2.33. The van der Waals surface area contributed by atoms with Gasteiger partial charge in [0, 0.05) is 30.9 Å². The maximum absolute atomic E-state index is 13.0. The number of likely N-dealkylation sites (tertiary alicyclic amines) is 1. The van der Waals surface area contributed by atoms with Crippen LogP contribution in [0.15, 0.2) is 30.5 Å². The van der Waals surface area contributed by atoms with Gasteiger partial charge in [-0.05, 0) is 36.6 Å². The third-order valence-electron chi connectivity index (χ3n) is 6.70. The van der Waals surface area contributed by atoms with E-state index >= 15 is 0 Å². The Morgan fingerprint density at radius 1 is 1.26 bits per heavy atom. The van der Waals surface area contributed by atoms with Crippen LogP contribution in [0.5, 0.6) is 5.88 Å². The number of aryl methyl sites for hydroxylation is 1. The molecule has 178 valence electrons. The second-order valence-corrected chi connectivity index (χ2v) is 8.72. The summed E-state index contributed by atoms with van der Waals surface area (Å²) in [6, 6.07) is 7.97. The Hall–Kier alpha value is -3.31. The number of ether oxygens (including phenoxy) is 2. The van der Waals surface area contributed by atoms with Crippen molar-refractivity contribution in [1.29, 1.82) is 0 Å². The molecule has 0 radical (unpaired) electrons. The minimum atomic E-state index is -2.70. The molecule has 11 heteroatoms. The van der Waals surface area contributed by atoms with Gasteiger partial charge in [-0.3, -0.25) is 4.90 Å². The molecule has 1 aromatic carbocycles. The highest BCUT2D eigenvalue weighted by molar-refractivity contribution is 5.89. The number of rotatable bonds is 7. The fourth-order valence-electron chi connectivity index (χ4n) is 4.76. The van der Waals surface area contributed by atoms with E-state index < -0.39 is 13.7 Å². The first kappa shape index (κ1) is 18.1. The summed E-state index contributed by atoms with van der Waals surface area (Å²) in [7, 11) is -2.70. The highest BCUT2D eigenvalue weighted by Gasteiger charge is 2.30. The molecule has 0 unspecified atom stereocenters. The second-order valence-electron chi connectivity index (χ2n) is 8.72. The van der Waals surface area contributed by atoms with Gasteiger partial charge in [-0.25, -0.2) is 13.6 Å². The maximum Gasteiger partial charge on any atom is 0.244 e. The standard InChI is InChI=1S/C23H27FN8O2/c1-33-22-21-18(15-2-3-19-20(12-15)31(11-7-24)29-27-19)6-10-32(21)28-23(26-22)25-16-4-8-30(9-5-16)17-13-34-14-17/h2-3,6,10,12,16-17H,4-5,7-9,11,13-14H2,1H3,(H,25,28)/i1D3. The number of halogens is 1. The van der Waals surface area contributed by atoms with Crippen molar-refractivity contribution < 1.29 is 18.0 Å². The molecular formula is C23H27FN8O2. The normalized spacial score (nSPS) is 19.6. The fourth-order valence-corrected chi connectivity index (χ4v) is 4.76. The Bertz CT molecular complexity index is 1410. The van der Waals surface area contributed by atoms with E-state index in [1.807, 2.05) is 18.2 Å². The number of nitrogens with one attached hydrogen (secondary N) is 1. The largest absolute Gasteiger partial charge is 0.479 e. The van der Waals surface area contributed by atoms with Crippen molar-refractivity contribution >= 4 is 22.5 Å². The first-order valence-corrected chi connectivity index (χ1v) is 11.4. The van der Waals surface area contributed by atoms with E-state index in [-0.39, 0.29) is 18.5 Å². The lowest BCUT2D eigenvalue weighted by atomic mass is 10.0. The Morgan fingerprint density at radius 2 is 2.15 bits per heavy atom. The molecule has 0 atom stereocenters. The molecule has 6 rings (SSSR count). The summed E-state index contributed by atoms with van der Waals surface area (Å²) in [5.41, 5.74) is 3.16. The molecule has 0 aliphatic carbocycles. The minimum Gasteiger partial charge on any atom is -0.479 e. The molecule has 5 heterocycles. The van der Waals surface area contributed by atoms with E-state index in [9.17, 15) is 4.39 Å². The van der Waals surface area contributed by atoms with Gasteiger partial charge in [0.1, 0.15) is 17.7 Å². The molecule has 0 bridgehead atoms. The molecule has 2 saturated heterocycles. The summed E-state index contributed by atoms with van der Waals surface area (Å²) >= 11 is 0. The van der Waals surface area contributed by atoms with Gasteiger partial charge in [-0.15, -0.1) is 10.2 Å². The zero-order chi connectivity index (χ0) is 25.6. The molecule has 0 spiro atoms. The lowest BCUT2D eigenvalue weighted by Gasteiger charge is -2.41. The lowest BCUT2D eigenvalue weighted by Crippen LogP contribution is -2.53. The molecular weight excluding hydrogens is 439 g/mol. The van der Waals surface area contributed by atoms with Crippen molar-refractivity contribution in [3.8, 4) is 17.0 Å². The molecule has 2 aliphatic rings. The van der Waals surface area contributed by atoms with Crippen LogP contribution in [-0.2, 0) is 11.3 Å². The third kappa shape index (κ3) is 3.74. The van der Waals surface area contributed by atoms with Crippen molar-refractivity contribution in [2.45, 2.75) is 31.5 Å². The number of nitrogens with zero attached hydrogens (tertiary/aromatic N) is 7. The monoisotopic (exact) mass is 469 g/mol. The van der Waals surface area contributed by atoms with Gasteiger partial charge in [0.05, 0.1) is 42.5 Å². The maximum atomic E-state index is 13.0. The first-order valence-electron chi connectivity index (χ1n) is 12.9. The number of piperidine rings is 1. The number of fused-ring (bicyclic) bond motifs is 2. The van der Waals surface area contributed by atoms with Gasteiger partial charge >= 0.3 is 0 Å². The number of methoxy groups -OCH3 is 1. The van der Waals surface area contributed by atoms with Crippen LogP contribution in [0.4, 0.5) is 10.3 Å². The van der Waals surface area contributed by atoms with Crippen molar-refractivity contribution in [1.82, 2.24) is 34.5 Å². The summed E-state index contributed by atoms with van der Waals surface area (Å²) in [5.74, 6) is 0.261. The molecule has 3 aromatic heterocycles. The SMILES string of the molecule is [2H]C([2H])([2H])Oc1nc(NC2CCN(C3COC3)CC2)nn2ccc(-c3ccc4nnn(CCF)c4c3)c12. The van der Waals surface area contributed by atoms with E-state index in [0.717, 1.165) is 44.7 Å². The van der Waals surface area contributed by atoms with Crippen LogP contribution in [0, 0.1) is 0 Å². The number of aromatic nitrogens is 6. The molecule has 34 heavy (non-hydrogen) atoms. The molecule has 4 aromatic rings. The van der Waals surface area contributed by atoms with Crippen molar-refractivity contribution in [2.24, 2.45) is 0 Å². The van der Waals surface area contributed by atoms with Crippen LogP contribution >= 0.6 is 0 Å².